The maximum atomic E-state index is 11.9. The van der Waals surface area contributed by atoms with E-state index in [0.717, 1.165) is 44.9 Å². The Labute approximate surface area is 205 Å². The molecule has 5 nitrogen and oxygen atoms in total. The molecule has 1 spiro atoms. The second kappa shape index (κ2) is 7.54. The maximum Gasteiger partial charge on any atom is 0.0902 e. The van der Waals surface area contributed by atoms with E-state index >= 15 is 0 Å². The minimum Gasteiger partial charge on any atom is -0.396 e. The number of hydrogen-bond donors (Lipinski definition) is 5. The van der Waals surface area contributed by atoms with E-state index in [1.165, 1.54) is 12.0 Å². The maximum absolute atomic E-state index is 11.9. The van der Waals surface area contributed by atoms with E-state index in [4.69, 9.17) is 0 Å². The van der Waals surface area contributed by atoms with Crippen LogP contribution in [0.3, 0.4) is 0 Å². The van der Waals surface area contributed by atoms with Crippen LogP contribution in [-0.4, -0.2) is 57.1 Å². The summed E-state index contributed by atoms with van der Waals surface area (Å²) in [6, 6.07) is 0. The van der Waals surface area contributed by atoms with E-state index in [0.29, 0.717) is 11.8 Å². The molecule has 0 aromatic heterocycles. The van der Waals surface area contributed by atoms with Gasteiger partial charge in [-0.2, -0.15) is 0 Å². The van der Waals surface area contributed by atoms with Crippen molar-refractivity contribution in [3.63, 3.8) is 0 Å². The summed E-state index contributed by atoms with van der Waals surface area (Å²) >= 11 is 0. The molecule has 4 saturated carbocycles. The van der Waals surface area contributed by atoms with Gasteiger partial charge < -0.3 is 25.5 Å². The van der Waals surface area contributed by atoms with Gasteiger partial charge in [0.05, 0.1) is 31.5 Å². The zero-order valence-corrected chi connectivity index (χ0v) is 22.0. The molecule has 0 unspecified atom stereocenters. The summed E-state index contributed by atoms with van der Waals surface area (Å²) in [5.41, 5.74) is 0.0129. The molecule has 194 valence electrons. The van der Waals surface area contributed by atoms with Crippen LogP contribution in [0.1, 0.15) is 92.4 Å². The Morgan fingerprint density at radius 3 is 2.09 bits per heavy atom. The Kier molecular flexibility index (Phi) is 5.59. The van der Waals surface area contributed by atoms with Crippen molar-refractivity contribution in [2.24, 2.45) is 44.3 Å². The lowest BCUT2D eigenvalue weighted by Gasteiger charge is -2.71. The van der Waals surface area contributed by atoms with Gasteiger partial charge >= 0.3 is 0 Å². The standard InChI is InChI=1S/C29H48O5/c1-24(2)10-12-28(15-24)13-11-26(4)18(22(28)33)6-7-20-25(3)14-19(32)23(34)29(16-30,17-31)21(25)8-9-27(20,26)5/h6,19-23,30-34H,7-17H2,1-5H3/t19-,20-,21-,22-,23+,25-,26-,27-,28+/m1/s1. The quantitative estimate of drug-likeness (QED) is 0.390. The molecular weight excluding hydrogens is 428 g/mol. The molecule has 0 saturated heterocycles. The molecule has 4 fully saturated rings. The highest BCUT2D eigenvalue weighted by Gasteiger charge is 2.70. The van der Waals surface area contributed by atoms with Crippen molar-refractivity contribution < 1.29 is 25.5 Å². The van der Waals surface area contributed by atoms with Crippen molar-refractivity contribution in [2.45, 2.75) is 111 Å². The SMILES string of the molecule is CC1(C)CC[C@]2(CC[C@]3(C)C(=CC[C@@H]4[C@@]5(C)C[C@@H](O)[C@H](O)C(CO)(CO)[C@@H]5CC[C@]43C)[C@H]2O)C1. The highest BCUT2D eigenvalue weighted by atomic mass is 16.3. The highest BCUT2D eigenvalue weighted by molar-refractivity contribution is 5.34. The Morgan fingerprint density at radius 2 is 1.50 bits per heavy atom. The van der Waals surface area contributed by atoms with Gasteiger partial charge in [0.25, 0.3) is 0 Å². The van der Waals surface area contributed by atoms with Crippen LogP contribution in [-0.2, 0) is 0 Å². The average molecular weight is 477 g/mol. The average Bonchev–Trinajstić information content (AvgIpc) is 3.09. The topological polar surface area (TPSA) is 101 Å². The molecule has 5 aliphatic rings. The zero-order valence-electron chi connectivity index (χ0n) is 22.0. The second-order valence-corrected chi connectivity index (χ2v) is 14.7. The Bertz CT molecular complexity index is 863. The number of aliphatic hydroxyl groups excluding tert-OH is 5. The largest absolute Gasteiger partial charge is 0.396 e. The highest BCUT2D eigenvalue weighted by Crippen LogP contribution is 2.74. The van der Waals surface area contributed by atoms with Gasteiger partial charge in [-0.25, -0.2) is 0 Å². The molecule has 0 radical (unpaired) electrons. The van der Waals surface area contributed by atoms with Gasteiger partial charge in [-0.3, -0.25) is 0 Å². The Morgan fingerprint density at radius 1 is 0.853 bits per heavy atom. The van der Waals surface area contributed by atoms with Crippen LogP contribution >= 0.6 is 0 Å². The van der Waals surface area contributed by atoms with Gasteiger partial charge in [-0.15, -0.1) is 0 Å². The Balaban J connectivity index is 1.56. The first-order chi connectivity index (χ1) is 15.8. The second-order valence-electron chi connectivity index (χ2n) is 14.7. The molecule has 0 aromatic carbocycles. The minimum atomic E-state index is -1.11. The summed E-state index contributed by atoms with van der Waals surface area (Å²) in [6.45, 7) is 11.1. The number of allylic oxidation sites excluding steroid dienone is 1. The number of aliphatic hydroxyl groups is 5. The van der Waals surface area contributed by atoms with Crippen molar-refractivity contribution in [3.05, 3.63) is 11.6 Å². The van der Waals surface area contributed by atoms with Crippen LogP contribution in [0.4, 0.5) is 0 Å². The molecule has 5 rings (SSSR count). The molecule has 5 N–H and O–H groups in total. The first kappa shape index (κ1) is 25.2. The van der Waals surface area contributed by atoms with E-state index in [9.17, 15) is 25.5 Å². The van der Waals surface area contributed by atoms with Gasteiger partial charge in [0.2, 0.25) is 0 Å². The smallest absolute Gasteiger partial charge is 0.0902 e. The fraction of sp³-hybridized carbons (Fsp3) is 0.931. The van der Waals surface area contributed by atoms with Gasteiger partial charge in [0, 0.05) is 10.8 Å². The third kappa shape index (κ3) is 2.91. The third-order valence-electron chi connectivity index (χ3n) is 12.8. The molecule has 5 heteroatoms. The van der Waals surface area contributed by atoms with Crippen molar-refractivity contribution in [1.29, 1.82) is 0 Å². The molecule has 5 aliphatic carbocycles. The van der Waals surface area contributed by atoms with E-state index in [2.05, 4.69) is 40.7 Å². The number of rotatable bonds is 2. The van der Waals surface area contributed by atoms with Crippen LogP contribution in [0.15, 0.2) is 11.6 Å². The summed E-state index contributed by atoms with van der Waals surface area (Å²) < 4.78 is 0. The van der Waals surface area contributed by atoms with Gasteiger partial charge in [-0.05, 0) is 96.9 Å². The van der Waals surface area contributed by atoms with Gasteiger partial charge in [-0.1, -0.05) is 40.7 Å². The number of hydrogen-bond acceptors (Lipinski definition) is 5. The zero-order chi connectivity index (χ0) is 24.9. The van der Waals surface area contributed by atoms with Crippen molar-refractivity contribution in [1.82, 2.24) is 0 Å². The lowest BCUT2D eigenvalue weighted by Crippen LogP contribution is -2.69. The van der Waals surface area contributed by atoms with Gasteiger partial charge in [0.1, 0.15) is 0 Å². The first-order valence-corrected chi connectivity index (χ1v) is 13.7. The van der Waals surface area contributed by atoms with E-state index in [-0.39, 0.29) is 52.8 Å². The summed E-state index contributed by atoms with van der Waals surface area (Å²) in [4.78, 5) is 0. The fourth-order valence-corrected chi connectivity index (χ4v) is 10.7. The molecular formula is C29H48O5. The number of fused-ring (bicyclic) bond motifs is 5. The molecule has 0 bridgehead atoms. The Hall–Kier alpha value is -0.460. The molecule has 0 aromatic rings. The molecule has 0 amide bonds. The fourth-order valence-electron chi connectivity index (χ4n) is 10.7. The summed E-state index contributed by atoms with van der Waals surface area (Å²) in [5, 5.41) is 54.6. The summed E-state index contributed by atoms with van der Waals surface area (Å²) in [7, 11) is 0. The van der Waals surface area contributed by atoms with Crippen molar-refractivity contribution in [3.8, 4) is 0 Å². The third-order valence-corrected chi connectivity index (χ3v) is 12.8. The van der Waals surface area contributed by atoms with E-state index in [1.807, 2.05) is 0 Å². The van der Waals surface area contributed by atoms with Crippen LogP contribution in [0, 0.1) is 44.3 Å². The lowest BCUT2D eigenvalue weighted by atomic mass is 9.34. The van der Waals surface area contributed by atoms with Crippen molar-refractivity contribution >= 4 is 0 Å². The van der Waals surface area contributed by atoms with Crippen LogP contribution in [0.5, 0.6) is 0 Å². The van der Waals surface area contributed by atoms with E-state index in [1.54, 1.807) is 0 Å². The predicted octanol–water partition coefficient (Wildman–Crippen LogP) is 3.81. The summed E-state index contributed by atoms with van der Waals surface area (Å²) in [6.07, 6.45) is 8.49. The minimum absolute atomic E-state index is 0.00716. The first-order valence-electron chi connectivity index (χ1n) is 13.7. The van der Waals surface area contributed by atoms with Gasteiger partial charge in [0.15, 0.2) is 0 Å². The van der Waals surface area contributed by atoms with Crippen LogP contribution < -0.4 is 0 Å². The molecule has 34 heavy (non-hydrogen) atoms. The van der Waals surface area contributed by atoms with Crippen LogP contribution in [0.25, 0.3) is 0 Å². The lowest BCUT2D eigenvalue weighted by molar-refractivity contribution is -0.257. The molecule has 0 heterocycles. The van der Waals surface area contributed by atoms with Crippen LogP contribution in [0.2, 0.25) is 0 Å². The summed E-state index contributed by atoms with van der Waals surface area (Å²) in [5.74, 6) is 0.203. The molecule has 9 atom stereocenters. The van der Waals surface area contributed by atoms with E-state index < -0.39 is 17.6 Å². The monoisotopic (exact) mass is 476 g/mol. The molecule has 0 aliphatic heterocycles. The normalized spacial score (nSPS) is 53.6. The van der Waals surface area contributed by atoms with Crippen molar-refractivity contribution in [2.75, 3.05) is 13.2 Å². The predicted molar refractivity (Wildman–Crippen MR) is 132 cm³/mol.